The van der Waals surface area contributed by atoms with Crippen LogP contribution in [0.25, 0.3) is 0 Å². The zero-order valence-corrected chi connectivity index (χ0v) is 27.8. The normalized spacial score (nSPS) is 11.5. The Hall–Kier alpha value is -4.16. The topological polar surface area (TPSA) is 113 Å². The molecule has 8 nitrogen and oxygen atoms in total. The quantitative estimate of drug-likeness (QED) is 0.152. The van der Waals surface area contributed by atoms with E-state index in [4.69, 9.17) is 11.6 Å². The number of amides is 1. The van der Waals surface area contributed by atoms with Gasteiger partial charge >= 0.3 is 0 Å². The molecule has 0 fully saturated rings. The van der Waals surface area contributed by atoms with E-state index in [0.717, 1.165) is 10.0 Å². The Bertz CT molecular complexity index is 2040. The van der Waals surface area contributed by atoms with Crippen LogP contribution in [0.5, 0.6) is 0 Å². The Labute approximate surface area is 275 Å². The number of hydrogen-bond acceptors (Lipinski definition) is 5. The van der Waals surface area contributed by atoms with Gasteiger partial charge < -0.3 is 5.32 Å². The second kappa shape index (κ2) is 13.5. The first-order chi connectivity index (χ1) is 21.4. The van der Waals surface area contributed by atoms with Crippen LogP contribution in [0.1, 0.15) is 21.5 Å². The summed E-state index contributed by atoms with van der Waals surface area (Å²) in [5.41, 5.74) is 3.00. The van der Waals surface area contributed by atoms with Crippen LogP contribution in [0.2, 0.25) is 5.02 Å². The molecule has 0 saturated carbocycles. The Balaban J connectivity index is 1.31. The highest BCUT2D eigenvalue weighted by molar-refractivity contribution is 9.10. The second-order valence-corrected chi connectivity index (χ2v) is 14.9. The summed E-state index contributed by atoms with van der Waals surface area (Å²) in [6, 6.07) is 32.3. The average Bonchev–Trinajstić information content (AvgIpc) is 3.03. The van der Waals surface area contributed by atoms with Crippen LogP contribution in [0.3, 0.4) is 0 Å². The predicted octanol–water partition coefficient (Wildman–Crippen LogP) is 7.86. The van der Waals surface area contributed by atoms with Crippen molar-refractivity contribution in [3.05, 3.63) is 148 Å². The van der Waals surface area contributed by atoms with Crippen LogP contribution < -0.4 is 14.3 Å². The van der Waals surface area contributed by atoms with Crippen molar-refractivity contribution in [2.45, 2.75) is 23.3 Å². The monoisotopic (exact) mass is 723 g/mol. The van der Waals surface area contributed by atoms with Crippen LogP contribution in [-0.4, -0.2) is 22.7 Å². The number of nitrogens with zero attached hydrogens (tertiary/aromatic N) is 1. The number of carbonyl (C=O) groups excluding carboxylic acids is 1. The smallest absolute Gasteiger partial charge is 0.264 e. The summed E-state index contributed by atoms with van der Waals surface area (Å²) >= 11 is 9.57. The number of anilines is 3. The molecule has 12 heteroatoms. The lowest BCUT2D eigenvalue weighted by Crippen LogP contribution is -2.31. The third-order valence-electron chi connectivity index (χ3n) is 6.83. The highest BCUT2D eigenvalue weighted by Crippen LogP contribution is 2.31. The molecule has 2 N–H and O–H groups in total. The van der Waals surface area contributed by atoms with Gasteiger partial charge in [0.15, 0.2) is 0 Å². The van der Waals surface area contributed by atoms with E-state index < -0.39 is 26.0 Å². The first-order valence-corrected chi connectivity index (χ1v) is 17.6. The minimum absolute atomic E-state index is 0.00450. The fourth-order valence-corrected chi connectivity index (χ4v) is 7.47. The van der Waals surface area contributed by atoms with E-state index in [-0.39, 0.29) is 16.3 Å². The third kappa shape index (κ3) is 7.74. The lowest BCUT2D eigenvalue weighted by molar-refractivity contribution is 0.102. The summed E-state index contributed by atoms with van der Waals surface area (Å²) in [7, 11) is -7.77. The SMILES string of the molecule is Cc1ccc(Cl)cc1N(Cc1ccc(C(=O)Nc2ccc(S(=O)(=O)Nc3ccc(Br)cc3)cc2)cc1)S(=O)(=O)c1ccccc1. The van der Waals surface area contributed by atoms with Crippen LogP contribution in [0, 0.1) is 6.92 Å². The highest BCUT2D eigenvalue weighted by atomic mass is 79.9. The Kier molecular flexibility index (Phi) is 9.64. The van der Waals surface area contributed by atoms with Gasteiger partial charge in [-0.25, -0.2) is 16.8 Å². The molecule has 0 aliphatic carbocycles. The largest absolute Gasteiger partial charge is 0.322 e. The van der Waals surface area contributed by atoms with E-state index in [1.807, 2.05) is 6.92 Å². The summed E-state index contributed by atoms with van der Waals surface area (Å²) in [5, 5.41) is 3.16. The number of rotatable bonds is 10. The zero-order chi connectivity index (χ0) is 32.2. The fourth-order valence-electron chi connectivity index (χ4n) is 4.45. The molecule has 0 aliphatic heterocycles. The lowest BCUT2D eigenvalue weighted by atomic mass is 10.1. The molecule has 1 amide bonds. The molecule has 230 valence electrons. The lowest BCUT2D eigenvalue weighted by Gasteiger charge is -2.26. The highest BCUT2D eigenvalue weighted by Gasteiger charge is 2.26. The number of aryl methyl sites for hydroxylation is 1. The number of nitrogens with one attached hydrogen (secondary N) is 2. The predicted molar refractivity (Wildman–Crippen MR) is 182 cm³/mol. The second-order valence-electron chi connectivity index (χ2n) is 10.0. The van der Waals surface area contributed by atoms with Crippen molar-refractivity contribution in [1.29, 1.82) is 0 Å². The molecule has 0 unspecified atom stereocenters. The van der Waals surface area contributed by atoms with Gasteiger partial charge in [0.1, 0.15) is 0 Å². The molecule has 0 aromatic heterocycles. The van der Waals surface area contributed by atoms with Crippen molar-refractivity contribution in [3.8, 4) is 0 Å². The van der Waals surface area contributed by atoms with E-state index in [2.05, 4.69) is 26.0 Å². The molecule has 0 bridgehead atoms. The number of benzene rings is 5. The molecule has 0 radical (unpaired) electrons. The number of hydrogen-bond donors (Lipinski definition) is 2. The Morgan fingerprint density at radius 3 is 2.02 bits per heavy atom. The number of halogens is 2. The van der Waals surface area contributed by atoms with Gasteiger partial charge in [-0.3, -0.25) is 13.8 Å². The first-order valence-electron chi connectivity index (χ1n) is 13.5. The van der Waals surface area contributed by atoms with Gasteiger partial charge in [0.2, 0.25) is 0 Å². The van der Waals surface area contributed by atoms with Gasteiger partial charge in [0.05, 0.1) is 22.0 Å². The summed E-state index contributed by atoms with van der Waals surface area (Å²) in [5.74, 6) is -0.412. The van der Waals surface area contributed by atoms with Gasteiger partial charge in [-0.1, -0.05) is 63.9 Å². The minimum atomic E-state index is -3.95. The van der Waals surface area contributed by atoms with Crippen LogP contribution in [0.4, 0.5) is 17.1 Å². The summed E-state index contributed by atoms with van der Waals surface area (Å²) in [4.78, 5) is 13.2. The maximum atomic E-state index is 13.7. The Morgan fingerprint density at radius 1 is 0.756 bits per heavy atom. The summed E-state index contributed by atoms with van der Waals surface area (Å²) < 4.78 is 57.7. The molecule has 0 spiro atoms. The molecule has 0 atom stereocenters. The van der Waals surface area contributed by atoms with Crippen LogP contribution in [-0.2, 0) is 26.6 Å². The maximum Gasteiger partial charge on any atom is 0.264 e. The van der Waals surface area contributed by atoms with Gasteiger partial charge in [-0.05, 0) is 103 Å². The molecule has 5 rings (SSSR count). The zero-order valence-electron chi connectivity index (χ0n) is 23.8. The van der Waals surface area contributed by atoms with Crippen molar-refractivity contribution in [3.63, 3.8) is 0 Å². The third-order valence-corrected chi connectivity index (χ3v) is 10.8. The van der Waals surface area contributed by atoms with Crippen molar-refractivity contribution < 1.29 is 21.6 Å². The fraction of sp³-hybridized carbons (Fsp3) is 0.0606. The summed E-state index contributed by atoms with van der Waals surface area (Å²) in [6.45, 7) is 1.82. The van der Waals surface area contributed by atoms with Crippen molar-refractivity contribution in [1.82, 2.24) is 0 Å². The molecule has 5 aromatic carbocycles. The molecule has 5 aromatic rings. The van der Waals surface area contributed by atoms with E-state index in [9.17, 15) is 21.6 Å². The number of sulfonamides is 2. The van der Waals surface area contributed by atoms with Crippen molar-refractivity contribution in [2.24, 2.45) is 0 Å². The standard InChI is InChI=1S/C33H27BrClN3O5S2/c1-23-7-14-27(35)21-32(23)38(45(42,43)31-5-3-2-4-6-31)22-24-8-10-25(11-9-24)33(39)36-28-17-19-30(20-18-28)44(40,41)37-29-15-12-26(34)13-16-29/h2-21,37H,22H2,1H3,(H,36,39). The van der Waals surface area contributed by atoms with E-state index >= 15 is 0 Å². The summed E-state index contributed by atoms with van der Waals surface area (Å²) in [6.07, 6.45) is 0. The molecule has 0 aliphatic rings. The van der Waals surface area contributed by atoms with Crippen LogP contribution >= 0.6 is 27.5 Å². The minimum Gasteiger partial charge on any atom is -0.322 e. The average molecular weight is 725 g/mol. The van der Waals surface area contributed by atoms with Gasteiger partial charge in [-0.2, -0.15) is 0 Å². The maximum absolute atomic E-state index is 13.7. The van der Waals surface area contributed by atoms with Gasteiger partial charge in [-0.15, -0.1) is 0 Å². The van der Waals surface area contributed by atoms with E-state index in [1.165, 1.54) is 40.7 Å². The first kappa shape index (κ1) is 32.2. The van der Waals surface area contributed by atoms with E-state index in [1.54, 1.807) is 84.9 Å². The van der Waals surface area contributed by atoms with E-state index in [0.29, 0.717) is 33.2 Å². The van der Waals surface area contributed by atoms with Crippen molar-refractivity contribution >= 4 is 70.5 Å². The molecule has 45 heavy (non-hydrogen) atoms. The van der Waals surface area contributed by atoms with Crippen molar-refractivity contribution in [2.75, 3.05) is 14.3 Å². The van der Waals surface area contributed by atoms with Gasteiger partial charge in [0, 0.05) is 26.4 Å². The number of carbonyl (C=O) groups is 1. The molecular weight excluding hydrogens is 698 g/mol. The van der Waals surface area contributed by atoms with Crippen LogP contribution in [0.15, 0.2) is 136 Å². The van der Waals surface area contributed by atoms with Gasteiger partial charge in [0.25, 0.3) is 26.0 Å². The molecule has 0 saturated heterocycles. The Morgan fingerprint density at radius 2 is 1.38 bits per heavy atom. The molecule has 0 heterocycles. The molecular formula is C33H27BrClN3O5S2.